The predicted molar refractivity (Wildman–Crippen MR) is 133 cm³/mol. The lowest BCUT2D eigenvalue weighted by molar-refractivity contribution is 0.0942. The van der Waals surface area contributed by atoms with Gasteiger partial charge in [-0.2, -0.15) is 5.10 Å². The summed E-state index contributed by atoms with van der Waals surface area (Å²) in [7, 11) is 5.65. The second-order valence-electron chi connectivity index (χ2n) is 8.28. The molecule has 0 unspecified atom stereocenters. The van der Waals surface area contributed by atoms with E-state index in [0.717, 1.165) is 22.4 Å². The number of ether oxygens (including phenoxy) is 1. The van der Waals surface area contributed by atoms with Crippen molar-refractivity contribution in [3.8, 4) is 17.0 Å². The number of likely N-dealkylation sites (N-methyl/N-ethyl adjacent to an activating group) is 1. The number of nitrogens with zero attached hydrogens (tertiary/aromatic N) is 4. The Bertz CT molecular complexity index is 1210. The number of rotatable bonds is 9. The van der Waals surface area contributed by atoms with Crippen LogP contribution in [0.15, 0.2) is 85.3 Å². The average molecular weight is 456 g/mol. The maximum absolute atomic E-state index is 13.3. The first-order chi connectivity index (χ1) is 16.5. The maximum Gasteiger partial charge on any atom is 0.255 e. The van der Waals surface area contributed by atoms with Crippen LogP contribution in [-0.4, -0.2) is 53.3 Å². The first kappa shape index (κ1) is 23.2. The molecule has 7 nitrogen and oxygen atoms in total. The van der Waals surface area contributed by atoms with Gasteiger partial charge in [-0.3, -0.25) is 14.5 Å². The van der Waals surface area contributed by atoms with Crippen LogP contribution in [0.4, 0.5) is 0 Å². The molecule has 4 rings (SSSR count). The van der Waals surface area contributed by atoms with Crippen LogP contribution in [0.2, 0.25) is 0 Å². The predicted octanol–water partition coefficient (Wildman–Crippen LogP) is 4.03. The number of amides is 1. The standard InChI is InChI=1S/C27H29N5O2/c1-31(2)25(21-11-13-23(34-3)14-12-21)17-29-27(33)24-19-32(18-20-8-5-4-6-9-20)30-26(24)22-10-7-15-28-16-22/h4-16,19,25H,17-18H2,1-3H3,(H,29,33)/t25-/m0/s1. The fourth-order valence-electron chi connectivity index (χ4n) is 3.86. The number of nitrogens with one attached hydrogen (secondary N) is 1. The van der Waals surface area contributed by atoms with E-state index in [1.54, 1.807) is 24.2 Å². The van der Waals surface area contributed by atoms with Crippen LogP contribution in [0.25, 0.3) is 11.3 Å². The SMILES string of the molecule is COc1ccc([C@H](CNC(=O)c2cn(Cc3ccccc3)nc2-c2cccnc2)N(C)C)cc1. The Morgan fingerprint density at radius 3 is 2.47 bits per heavy atom. The largest absolute Gasteiger partial charge is 0.497 e. The summed E-state index contributed by atoms with van der Waals surface area (Å²) in [5.74, 6) is 0.635. The molecule has 2 aromatic heterocycles. The van der Waals surface area contributed by atoms with Gasteiger partial charge < -0.3 is 15.0 Å². The van der Waals surface area contributed by atoms with Gasteiger partial charge in [-0.25, -0.2) is 0 Å². The zero-order valence-corrected chi connectivity index (χ0v) is 19.7. The Balaban J connectivity index is 1.57. The molecule has 0 saturated heterocycles. The number of pyridine rings is 1. The van der Waals surface area contributed by atoms with Crippen LogP contribution in [-0.2, 0) is 6.54 Å². The number of hydrogen-bond acceptors (Lipinski definition) is 5. The summed E-state index contributed by atoms with van der Waals surface area (Å²) < 4.78 is 7.07. The summed E-state index contributed by atoms with van der Waals surface area (Å²) in [5, 5.41) is 7.84. The highest BCUT2D eigenvalue weighted by molar-refractivity contribution is 5.99. The normalized spacial score (nSPS) is 11.9. The monoisotopic (exact) mass is 455 g/mol. The summed E-state index contributed by atoms with van der Waals surface area (Å²) in [4.78, 5) is 19.6. The highest BCUT2D eigenvalue weighted by atomic mass is 16.5. The lowest BCUT2D eigenvalue weighted by Crippen LogP contribution is -2.34. The lowest BCUT2D eigenvalue weighted by atomic mass is 10.1. The Morgan fingerprint density at radius 2 is 1.82 bits per heavy atom. The fraction of sp³-hybridized carbons (Fsp3) is 0.222. The van der Waals surface area contributed by atoms with Gasteiger partial charge in [-0.15, -0.1) is 0 Å². The van der Waals surface area contributed by atoms with Crippen LogP contribution in [0.3, 0.4) is 0 Å². The van der Waals surface area contributed by atoms with Crippen LogP contribution < -0.4 is 10.1 Å². The average Bonchev–Trinajstić information content (AvgIpc) is 3.29. The zero-order valence-electron chi connectivity index (χ0n) is 19.7. The Hall–Kier alpha value is -3.97. The van der Waals surface area contributed by atoms with E-state index in [1.807, 2.05) is 87.0 Å². The van der Waals surface area contributed by atoms with Crippen molar-refractivity contribution in [1.82, 2.24) is 25.0 Å². The Kier molecular flexibility index (Phi) is 7.34. The molecule has 0 aliphatic rings. The van der Waals surface area contributed by atoms with Gasteiger partial charge in [0.05, 0.1) is 25.3 Å². The van der Waals surface area contributed by atoms with Crippen molar-refractivity contribution in [2.24, 2.45) is 0 Å². The second-order valence-corrected chi connectivity index (χ2v) is 8.28. The molecule has 0 saturated carbocycles. The van der Waals surface area contributed by atoms with Crippen LogP contribution >= 0.6 is 0 Å². The molecular weight excluding hydrogens is 426 g/mol. The van der Waals surface area contributed by atoms with Crippen molar-refractivity contribution >= 4 is 5.91 Å². The fourth-order valence-corrected chi connectivity index (χ4v) is 3.86. The molecule has 174 valence electrons. The van der Waals surface area contributed by atoms with Crippen LogP contribution in [0, 0.1) is 0 Å². The molecule has 34 heavy (non-hydrogen) atoms. The van der Waals surface area contributed by atoms with Crippen molar-refractivity contribution in [2.45, 2.75) is 12.6 Å². The molecule has 0 radical (unpaired) electrons. The molecule has 2 heterocycles. The van der Waals surface area contributed by atoms with E-state index >= 15 is 0 Å². The molecule has 1 atom stereocenters. The van der Waals surface area contributed by atoms with E-state index in [-0.39, 0.29) is 11.9 Å². The van der Waals surface area contributed by atoms with Crippen molar-refractivity contribution in [2.75, 3.05) is 27.7 Å². The smallest absolute Gasteiger partial charge is 0.255 e. The molecule has 0 aliphatic heterocycles. The summed E-state index contributed by atoms with van der Waals surface area (Å²) in [6, 6.07) is 21.7. The van der Waals surface area contributed by atoms with Gasteiger partial charge in [-0.05, 0) is 49.5 Å². The molecule has 0 bridgehead atoms. The molecular formula is C27H29N5O2. The minimum absolute atomic E-state index is 0.0102. The Morgan fingerprint density at radius 1 is 1.06 bits per heavy atom. The molecule has 2 aromatic carbocycles. The summed E-state index contributed by atoms with van der Waals surface area (Å²) in [6.45, 7) is 1.03. The minimum atomic E-state index is -0.168. The van der Waals surface area contributed by atoms with Gasteiger partial charge >= 0.3 is 0 Å². The van der Waals surface area contributed by atoms with E-state index in [0.29, 0.717) is 24.3 Å². The van der Waals surface area contributed by atoms with Gasteiger partial charge in [-0.1, -0.05) is 42.5 Å². The van der Waals surface area contributed by atoms with Gasteiger partial charge in [0.25, 0.3) is 5.91 Å². The van der Waals surface area contributed by atoms with E-state index in [1.165, 1.54) is 0 Å². The third-order valence-electron chi connectivity index (χ3n) is 5.71. The minimum Gasteiger partial charge on any atom is -0.497 e. The van der Waals surface area contributed by atoms with Gasteiger partial charge in [0.2, 0.25) is 0 Å². The quantitative estimate of drug-likeness (QED) is 0.413. The van der Waals surface area contributed by atoms with Crippen molar-refractivity contribution in [1.29, 1.82) is 0 Å². The summed E-state index contributed by atoms with van der Waals surface area (Å²) in [6.07, 6.45) is 5.25. The zero-order chi connectivity index (χ0) is 23.9. The lowest BCUT2D eigenvalue weighted by Gasteiger charge is -2.25. The van der Waals surface area contributed by atoms with Crippen molar-refractivity contribution < 1.29 is 9.53 Å². The number of methoxy groups -OCH3 is 1. The van der Waals surface area contributed by atoms with E-state index in [4.69, 9.17) is 9.84 Å². The summed E-state index contributed by atoms with van der Waals surface area (Å²) >= 11 is 0. The molecule has 4 aromatic rings. The number of carbonyl (C=O) groups excluding carboxylic acids is 1. The van der Waals surface area contributed by atoms with Crippen molar-refractivity contribution in [3.63, 3.8) is 0 Å². The first-order valence-corrected chi connectivity index (χ1v) is 11.2. The third-order valence-corrected chi connectivity index (χ3v) is 5.71. The van der Waals surface area contributed by atoms with Crippen LogP contribution in [0.5, 0.6) is 5.75 Å². The number of aromatic nitrogens is 3. The molecule has 1 N–H and O–H groups in total. The molecule has 0 aliphatic carbocycles. The van der Waals surface area contributed by atoms with Gasteiger partial charge in [0.1, 0.15) is 11.4 Å². The van der Waals surface area contributed by atoms with E-state index in [2.05, 4.69) is 15.2 Å². The van der Waals surface area contributed by atoms with Crippen molar-refractivity contribution in [3.05, 3.63) is 102 Å². The molecule has 7 heteroatoms. The topological polar surface area (TPSA) is 72.3 Å². The van der Waals surface area contributed by atoms with E-state index in [9.17, 15) is 4.79 Å². The third kappa shape index (κ3) is 5.50. The highest BCUT2D eigenvalue weighted by Gasteiger charge is 2.21. The second kappa shape index (κ2) is 10.8. The molecule has 0 fully saturated rings. The molecule has 1 amide bonds. The van der Waals surface area contributed by atoms with Crippen LogP contribution in [0.1, 0.15) is 27.5 Å². The Labute approximate surface area is 200 Å². The number of benzene rings is 2. The highest BCUT2D eigenvalue weighted by Crippen LogP contribution is 2.23. The van der Waals surface area contributed by atoms with Gasteiger partial charge in [0, 0.05) is 30.7 Å². The first-order valence-electron chi connectivity index (χ1n) is 11.2. The van der Waals surface area contributed by atoms with Gasteiger partial charge in [0.15, 0.2) is 0 Å². The molecule has 0 spiro atoms. The maximum atomic E-state index is 13.3. The van der Waals surface area contributed by atoms with E-state index < -0.39 is 0 Å². The summed E-state index contributed by atoms with van der Waals surface area (Å²) in [5.41, 5.74) is 4.16. The number of carbonyl (C=O) groups is 1. The number of hydrogen-bond donors (Lipinski definition) is 1.